The Hall–Kier alpha value is -3.37. The van der Waals surface area contributed by atoms with Crippen molar-refractivity contribution in [2.75, 3.05) is 17.2 Å². The van der Waals surface area contributed by atoms with Gasteiger partial charge in [-0.05, 0) is 38.5 Å². The number of carbonyl (C=O) groups excluding carboxylic acids is 1. The summed E-state index contributed by atoms with van der Waals surface area (Å²) in [7, 11) is 0. The molecule has 0 bridgehead atoms. The molecule has 1 aliphatic heterocycles. The summed E-state index contributed by atoms with van der Waals surface area (Å²) in [6.07, 6.45) is 2.16. The predicted octanol–water partition coefficient (Wildman–Crippen LogP) is 3.09. The molecule has 0 saturated carbocycles. The molecule has 170 valence electrons. The van der Waals surface area contributed by atoms with Crippen LogP contribution in [0.5, 0.6) is 0 Å². The first-order valence-corrected chi connectivity index (χ1v) is 10.5. The summed E-state index contributed by atoms with van der Waals surface area (Å²) in [5.41, 5.74) is 7.68. The van der Waals surface area contributed by atoms with Gasteiger partial charge in [-0.25, -0.2) is 9.50 Å². The lowest BCUT2D eigenvalue weighted by Gasteiger charge is -2.42. The predicted molar refractivity (Wildman–Crippen MR) is 132 cm³/mol. The number of fused-ring (bicyclic) bond motifs is 1. The van der Waals surface area contributed by atoms with E-state index in [1.54, 1.807) is 15.1 Å². The topological polar surface area (TPSA) is 111 Å². The fraction of sp³-hybridized carbons (Fsp3) is 0.227. The van der Waals surface area contributed by atoms with Crippen molar-refractivity contribution in [2.45, 2.75) is 26.3 Å². The highest BCUT2D eigenvalue weighted by Gasteiger charge is 2.37. The van der Waals surface area contributed by atoms with Gasteiger partial charge in [0.05, 0.1) is 22.3 Å². The van der Waals surface area contributed by atoms with Gasteiger partial charge in [0.25, 0.3) is 5.56 Å². The van der Waals surface area contributed by atoms with Crippen LogP contribution in [-0.4, -0.2) is 36.5 Å². The Morgan fingerprint density at radius 3 is 2.61 bits per heavy atom. The molecule has 0 aliphatic carbocycles. The standard InChI is InChI=1S/C22H20ClN7O2.H2S/c1-12-10-16(23)18-21(32)29(14-6-4-3-5-7-14)20(27-30(12)18)17-8-9-28(17)19-15(13(2)31)11-25-22(24)26-19;/h3-7,10-11,17H,8-9H2,1-2H3,(H2,24,25,26);1H2/t17-;/m0./s1. The summed E-state index contributed by atoms with van der Waals surface area (Å²) in [4.78, 5) is 36.0. The van der Waals surface area contributed by atoms with Gasteiger partial charge < -0.3 is 10.6 Å². The number of aryl methyl sites for hydroxylation is 1. The van der Waals surface area contributed by atoms with Gasteiger partial charge in [0.15, 0.2) is 11.6 Å². The minimum absolute atomic E-state index is 0. The van der Waals surface area contributed by atoms with Crippen LogP contribution in [0.3, 0.4) is 0 Å². The Morgan fingerprint density at radius 1 is 1.24 bits per heavy atom. The molecule has 4 heterocycles. The Morgan fingerprint density at radius 2 is 1.97 bits per heavy atom. The van der Waals surface area contributed by atoms with E-state index in [2.05, 4.69) is 9.97 Å². The van der Waals surface area contributed by atoms with Crippen LogP contribution in [0.2, 0.25) is 5.02 Å². The second-order valence-electron chi connectivity index (χ2n) is 7.75. The lowest BCUT2D eigenvalue weighted by molar-refractivity contribution is 0.101. The van der Waals surface area contributed by atoms with Crippen molar-refractivity contribution < 1.29 is 4.79 Å². The highest BCUT2D eigenvalue weighted by molar-refractivity contribution is 7.59. The molecule has 1 atom stereocenters. The lowest BCUT2D eigenvalue weighted by atomic mass is 10.00. The van der Waals surface area contributed by atoms with Crippen LogP contribution in [0.15, 0.2) is 47.4 Å². The molecule has 3 aromatic heterocycles. The lowest BCUT2D eigenvalue weighted by Crippen LogP contribution is -2.46. The summed E-state index contributed by atoms with van der Waals surface area (Å²) in [6.45, 7) is 3.94. The smallest absolute Gasteiger partial charge is 0.284 e. The van der Waals surface area contributed by atoms with Crippen molar-refractivity contribution in [2.24, 2.45) is 0 Å². The van der Waals surface area contributed by atoms with Crippen LogP contribution < -0.4 is 16.2 Å². The van der Waals surface area contributed by atoms with Gasteiger partial charge in [0.1, 0.15) is 11.3 Å². The van der Waals surface area contributed by atoms with E-state index in [-0.39, 0.29) is 36.8 Å². The van der Waals surface area contributed by atoms with Crippen molar-refractivity contribution in [1.29, 1.82) is 0 Å². The maximum absolute atomic E-state index is 13.6. The van der Waals surface area contributed by atoms with Crippen molar-refractivity contribution >= 4 is 48.2 Å². The van der Waals surface area contributed by atoms with Gasteiger partial charge in [-0.3, -0.25) is 14.2 Å². The van der Waals surface area contributed by atoms with Gasteiger partial charge in [-0.2, -0.15) is 23.6 Å². The number of aromatic nitrogens is 5. The zero-order valence-electron chi connectivity index (χ0n) is 18.0. The molecule has 1 aromatic carbocycles. The van der Waals surface area contributed by atoms with Crippen LogP contribution >= 0.6 is 25.1 Å². The normalized spacial score (nSPS) is 15.2. The molecule has 0 spiro atoms. The first-order chi connectivity index (χ1) is 15.4. The van der Waals surface area contributed by atoms with E-state index >= 15 is 0 Å². The van der Waals surface area contributed by atoms with E-state index in [0.29, 0.717) is 40.0 Å². The number of anilines is 2. The summed E-state index contributed by atoms with van der Waals surface area (Å²) >= 11 is 6.37. The number of carbonyl (C=O) groups is 1. The molecular weight excluding hydrogens is 462 g/mol. The first-order valence-electron chi connectivity index (χ1n) is 10.1. The van der Waals surface area contributed by atoms with Crippen molar-refractivity contribution in [1.82, 2.24) is 24.1 Å². The molecule has 1 fully saturated rings. The maximum Gasteiger partial charge on any atom is 0.284 e. The summed E-state index contributed by atoms with van der Waals surface area (Å²) < 4.78 is 3.16. The van der Waals surface area contributed by atoms with Crippen LogP contribution in [0.1, 0.15) is 41.3 Å². The number of benzene rings is 1. The zero-order chi connectivity index (χ0) is 22.6. The molecule has 4 aromatic rings. The highest BCUT2D eigenvalue weighted by atomic mass is 35.5. The van der Waals surface area contributed by atoms with E-state index in [1.165, 1.54) is 13.1 Å². The fourth-order valence-electron chi connectivity index (χ4n) is 4.07. The molecule has 2 N–H and O–H groups in total. The molecule has 33 heavy (non-hydrogen) atoms. The second kappa shape index (κ2) is 8.53. The van der Waals surface area contributed by atoms with Crippen LogP contribution in [-0.2, 0) is 0 Å². The minimum Gasteiger partial charge on any atom is -0.368 e. The maximum atomic E-state index is 13.6. The third-order valence-electron chi connectivity index (χ3n) is 5.72. The molecular formula is C22H22ClN7O2S. The van der Waals surface area contributed by atoms with E-state index in [1.807, 2.05) is 42.2 Å². The molecule has 1 saturated heterocycles. The monoisotopic (exact) mass is 483 g/mol. The number of ketones is 1. The Kier molecular flexibility index (Phi) is 5.89. The molecule has 0 radical (unpaired) electrons. The van der Waals surface area contributed by atoms with E-state index in [0.717, 1.165) is 12.1 Å². The molecule has 0 amide bonds. The number of nitrogens with two attached hydrogens (primary N) is 1. The summed E-state index contributed by atoms with van der Waals surface area (Å²) in [5, 5.41) is 5.17. The van der Waals surface area contributed by atoms with Crippen molar-refractivity contribution in [3.63, 3.8) is 0 Å². The second-order valence-corrected chi connectivity index (χ2v) is 8.16. The summed E-state index contributed by atoms with van der Waals surface area (Å²) in [6, 6.07) is 10.7. The van der Waals surface area contributed by atoms with Gasteiger partial charge in [0, 0.05) is 18.4 Å². The van der Waals surface area contributed by atoms with Gasteiger partial charge in [-0.15, -0.1) is 0 Å². The van der Waals surface area contributed by atoms with Gasteiger partial charge in [0.2, 0.25) is 5.95 Å². The van der Waals surface area contributed by atoms with Gasteiger partial charge in [-0.1, -0.05) is 29.8 Å². The third-order valence-corrected chi connectivity index (χ3v) is 6.00. The first kappa shape index (κ1) is 22.8. The number of Topliss-reactive ketones (excluding diaryl/α,β-unsaturated/α-hetero) is 1. The highest BCUT2D eigenvalue weighted by Crippen LogP contribution is 2.38. The average Bonchev–Trinajstić information content (AvgIpc) is 3.01. The van der Waals surface area contributed by atoms with Gasteiger partial charge >= 0.3 is 0 Å². The summed E-state index contributed by atoms with van der Waals surface area (Å²) in [5.74, 6) is 0.884. The number of nitrogens with zero attached hydrogens (tertiary/aromatic N) is 6. The third kappa shape index (κ3) is 3.65. The largest absolute Gasteiger partial charge is 0.368 e. The number of hydrogen-bond donors (Lipinski definition) is 1. The quantitative estimate of drug-likeness (QED) is 0.444. The number of rotatable bonds is 4. The van der Waals surface area contributed by atoms with Crippen molar-refractivity contribution in [3.8, 4) is 5.69 Å². The molecule has 1 aliphatic rings. The Bertz CT molecular complexity index is 1430. The van der Waals surface area contributed by atoms with E-state index in [9.17, 15) is 9.59 Å². The van der Waals surface area contributed by atoms with E-state index in [4.69, 9.17) is 22.4 Å². The van der Waals surface area contributed by atoms with Crippen molar-refractivity contribution in [3.05, 3.63) is 75.1 Å². The number of nitrogen functional groups attached to an aromatic ring is 1. The number of para-hydroxylation sites is 1. The Balaban J connectivity index is 0.00000259. The SMILES string of the molecule is CC(=O)c1cnc(N)nc1N1CC[C@H]1c1nn2c(C)cc(Cl)c2c(=O)n1-c1ccccc1.S. The minimum atomic E-state index is -0.291. The van der Waals surface area contributed by atoms with Crippen LogP contribution in [0.25, 0.3) is 11.2 Å². The van der Waals surface area contributed by atoms with Crippen LogP contribution in [0, 0.1) is 6.92 Å². The molecule has 11 heteroatoms. The van der Waals surface area contributed by atoms with Crippen LogP contribution in [0.4, 0.5) is 11.8 Å². The number of hydrogen-bond acceptors (Lipinski definition) is 7. The average molecular weight is 484 g/mol. The van der Waals surface area contributed by atoms with E-state index < -0.39 is 0 Å². The molecule has 9 nitrogen and oxygen atoms in total. The zero-order valence-corrected chi connectivity index (χ0v) is 19.7. The fourth-order valence-corrected chi connectivity index (χ4v) is 4.39. The number of halogens is 1. The Labute approximate surface area is 201 Å². The molecule has 5 rings (SSSR count). The molecule has 0 unspecified atom stereocenters.